The zero-order valence-corrected chi connectivity index (χ0v) is 13.0. The minimum absolute atomic E-state index is 0.0685. The van der Waals surface area contributed by atoms with Gasteiger partial charge in [-0.3, -0.25) is 9.52 Å². The third-order valence-corrected chi connectivity index (χ3v) is 4.35. The fraction of sp³-hybridized carbons (Fsp3) is 0.0714. The van der Waals surface area contributed by atoms with Crippen molar-refractivity contribution in [2.24, 2.45) is 0 Å². The molecule has 0 aliphatic heterocycles. The second-order valence-corrected chi connectivity index (χ2v) is 6.50. The lowest BCUT2D eigenvalue weighted by atomic mass is 10.3. The van der Waals surface area contributed by atoms with Gasteiger partial charge in [0, 0.05) is 12.6 Å². The quantitative estimate of drug-likeness (QED) is 0.895. The Morgan fingerprint density at radius 1 is 1.14 bits per heavy atom. The van der Waals surface area contributed by atoms with Gasteiger partial charge in [0.15, 0.2) is 5.82 Å². The number of carbonyl (C=O) groups excluding carboxylic acids is 1. The lowest BCUT2D eigenvalue weighted by molar-refractivity contribution is -0.114. The van der Waals surface area contributed by atoms with Crippen LogP contribution in [0.1, 0.15) is 6.92 Å². The average molecular weight is 343 g/mol. The Balaban J connectivity index is 2.27. The molecule has 5 nitrogen and oxygen atoms in total. The van der Waals surface area contributed by atoms with Crippen LogP contribution >= 0.6 is 11.6 Å². The van der Waals surface area contributed by atoms with Crippen LogP contribution in [0.2, 0.25) is 5.02 Å². The van der Waals surface area contributed by atoms with Crippen molar-refractivity contribution in [1.29, 1.82) is 0 Å². The summed E-state index contributed by atoms with van der Waals surface area (Å²) in [6.45, 7) is 1.34. The van der Waals surface area contributed by atoms with Crippen molar-refractivity contribution in [3.63, 3.8) is 0 Å². The maximum atomic E-state index is 13.7. The Bertz CT molecular complexity index is 807. The molecule has 2 rings (SSSR count). The third kappa shape index (κ3) is 3.75. The second-order valence-electron chi connectivity index (χ2n) is 4.41. The van der Waals surface area contributed by atoms with Gasteiger partial charge in [-0.05, 0) is 36.4 Å². The molecule has 0 radical (unpaired) electrons. The SMILES string of the molecule is CC(=O)Nc1ccc(S(=O)(=O)Nc2cccc(Cl)c2F)cc1. The molecule has 0 aliphatic rings. The maximum Gasteiger partial charge on any atom is 0.261 e. The molecule has 0 unspecified atom stereocenters. The number of anilines is 2. The molecule has 22 heavy (non-hydrogen) atoms. The van der Waals surface area contributed by atoms with Crippen LogP contribution in [-0.2, 0) is 14.8 Å². The number of carbonyl (C=O) groups is 1. The Morgan fingerprint density at radius 3 is 2.36 bits per heavy atom. The van der Waals surface area contributed by atoms with Gasteiger partial charge in [0.25, 0.3) is 10.0 Å². The summed E-state index contributed by atoms with van der Waals surface area (Å²) in [4.78, 5) is 10.8. The largest absolute Gasteiger partial charge is 0.326 e. The van der Waals surface area contributed by atoms with Crippen molar-refractivity contribution in [2.75, 3.05) is 10.0 Å². The number of benzene rings is 2. The molecule has 0 saturated carbocycles. The summed E-state index contributed by atoms with van der Waals surface area (Å²) in [5.74, 6) is -1.11. The summed E-state index contributed by atoms with van der Waals surface area (Å²) in [5, 5.41) is 2.34. The summed E-state index contributed by atoms with van der Waals surface area (Å²) in [6, 6.07) is 9.49. The van der Waals surface area contributed by atoms with Gasteiger partial charge in [-0.25, -0.2) is 12.8 Å². The smallest absolute Gasteiger partial charge is 0.261 e. The van der Waals surface area contributed by atoms with Gasteiger partial charge in [-0.1, -0.05) is 17.7 Å². The van der Waals surface area contributed by atoms with E-state index >= 15 is 0 Å². The summed E-state index contributed by atoms with van der Waals surface area (Å²) >= 11 is 5.61. The molecule has 0 aliphatic carbocycles. The van der Waals surface area contributed by atoms with E-state index < -0.39 is 15.8 Å². The summed E-state index contributed by atoms with van der Waals surface area (Å²) in [6.07, 6.45) is 0. The molecule has 0 atom stereocenters. The number of hydrogen-bond donors (Lipinski definition) is 2. The topological polar surface area (TPSA) is 75.3 Å². The minimum Gasteiger partial charge on any atom is -0.326 e. The molecule has 0 fully saturated rings. The van der Waals surface area contributed by atoms with Crippen LogP contribution in [0.5, 0.6) is 0 Å². The first-order chi connectivity index (χ1) is 10.3. The lowest BCUT2D eigenvalue weighted by Crippen LogP contribution is -2.14. The van der Waals surface area contributed by atoms with E-state index in [-0.39, 0.29) is 21.5 Å². The van der Waals surface area contributed by atoms with Gasteiger partial charge < -0.3 is 5.32 Å². The Morgan fingerprint density at radius 2 is 1.77 bits per heavy atom. The van der Waals surface area contributed by atoms with E-state index in [4.69, 9.17) is 11.6 Å². The van der Waals surface area contributed by atoms with E-state index in [1.54, 1.807) is 0 Å². The van der Waals surface area contributed by atoms with Crippen LogP contribution in [0, 0.1) is 5.82 Å². The summed E-state index contributed by atoms with van der Waals surface area (Å²) in [5.41, 5.74) is 0.221. The summed E-state index contributed by atoms with van der Waals surface area (Å²) in [7, 11) is -3.96. The Hall–Kier alpha value is -2.12. The zero-order chi connectivity index (χ0) is 16.3. The highest BCUT2D eigenvalue weighted by Gasteiger charge is 2.17. The van der Waals surface area contributed by atoms with Crippen molar-refractivity contribution in [3.8, 4) is 0 Å². The summed E-state index contributed by atoms with van der Waals surface area (Å²) < 4.78 is 40.3. The molecular formula is C14H12ClFN2O3S. The Labute approximate surface area is 132 Å². The third-order valence-electron chi connectivity index (χ3n) is 2.68. The molecule has 2 N–H and O–H groups in total. The van der Waals surface area contributed by atoms with Crippen molar-refractivity contribution >= 4 is 38.9 Å². The lowest BCUT2D eigenvalue weighted by Gasteiger charge is -2.10. The van der Waals surface area contributed by atoms with Gasteiger partial charge in [0.05, 0.1) is 15.6 Å². The molecule has 2 aromatic rings. The molecule has 0 saturated heterocycles. The molecule has 0 spiro atoms. The van der Waals surface area contributed by atoms with Crippen molar-refractivity contribution in [3.05, 3.63) is 53.3 Å². The van der Waals surface area contributed by atoms with Crippen LogP contribution in [0.25, 0.3) is 0 Å². The maximum absolute atomic E-state index is 13.7. The van der Waals surface area contributed by atoms with Gasteiger partial charge in [-0.2, -0.15) is 0 Å². The number of hydrogen-bond acceptors (Lipinski definition) is 3. The number of halogens is 2. The van der Waals surface area contributed by atoms with E-state index in [2.05, 4.69) is 10.0 Å². The zero-order valence-electron chi connectivity index (χ0n) is 11.4. The molecule has 8 heteroatoms. The standard InChI is InChI=1S/C14H12ClFN2O3S/c1-9(19)17-10-5-7-11(8-6-10)22(20,21)18-13-4-2-3-12(15)14(13)16/h2-8,18H,1H3,(H,17,19). The normalized spacial score (nSPS) is 11.0. The average Bonchev–Trinajstić information content (AvgIpc) is 2.44. The number of amides is 1. The predicted molar refractivity (Wildman–Crippen MR) is 83.0 cm³/mol. The molecule has 0 bridgehead atoms. The molecular weight excluding hydrogens is 331 g/mol. The van der Waals surface area contributed by atoms with Crippen LogP contribution in [-0.4, -0.2) is 14.3 Å². The molecule has 2 aromatic carbocycles. The van der Waals surface area contributed by atoms with Crippen LogP contribution in [0.3, 0.4) is 0 Å². The van der Waals surface area contributed by atoms with Crippen LogP contribution < -0.4 is 10.0 Å². The number of nitrogens with one attached hydrogen (secondary N) is 2. The first kappa shape index (κ1) is 16.3. The van der Waals surface area contributed by atoms with Gasteiger partial charge in [0.1, 0.15) is 0 Å². The van der Waals surface area contributed by atoms with E-state index in [1.807, 2.05) is 0 Å². The fourth-order valence-electron chi connectivity index (χ4n) is 1.71. The Kier molecular flexibility index (Phi) is 4.68. The molecule has 116 valence electrons. The van der Waals surface area contributed by atoms with Gasteiger partial charge in [0.2, 0.25) is 5.91 Å². The number of rotatable bonds is 4. The van der Waals surface area contributed by atoms with Crippen LogP contribution in [0.15, 0.2) is 47.4 Å². The van der Waals surface area contributed by atoms with Crippen molar-refractivity contribution in [2.45, 2.75) is 11.8 Å². The minimum atomic E-state index is -3.96. The molecule has 1 amide bonds. The first-order valence-corrected chi connectivity index (χ1v) is 8.00. The van der Waals surface area contributed by atoms with Crippen molar-refractivity contribution in [1.82, 2.24) is 0 Å². The van der Waals surface area contributed by atoms with Gasteiger partial charge in [-0.15, -0.1) is 0 Å². The van der Waals surface area contributed by atoms with Crippen molar-refractivity contribution < 1.29 is 17.6 Å². The van der Waals surface area contributed by atoms with E-state index in [0.29, 0.717) is 5.69 Å². The van der Waals surface area contributed by atoms with E-state index in [9.17, 15) is 17.6 Å². The second kappa shape index (κ2) is 6.33. The predicted octanol–water partition coefficient (Wildman–Crippen LogP) is 3.24. The highest BCUT2D eigenvalue weighted by molar-refractivity contribution is 7.92. The van der Waals surface area contributed by atoms with E-state index in [1.165, 1.54) is 49.4 Å². The highest BCUT2D eigenvalue weighted by atomic mass is 35.5. The van der Waals surface area contributed by atoms with Gasteiger partial charge >= 0.3 is 0 Å². The molecule has 0 heterocycles. The first-order valence-electron chi connectivity index (χ1n) is 6.14. The number of sulfonamides is 1. The monoisotopic (exact) mass is 342 g/mol. The van der Waals surface area contributed by atoms with E-state index in [0.717, 1.165) is 0 Å². The highest BCUT2D eigenvalue weighted by Crippen LogP contribution is 2.25. The fourth-order valence-corrected chi connectivity index (χ4v) is 2.94. The molecule has 0 aromatic heterocycles. The van der Waals surface area contributed by atoms with Crippen LogP contribution in [0.4, 0.5) is 15.8 Å².